The average Bonchev–Trinajstić information content (AvgIpc) is 2.98. The second-order valence-electron chi connectivity index (χ2n) is 9.89. The number of carbonyl (C=O) groups is 2. The number of hydrogen-bond donors (Lipinski definition) is 2. The number of benzene rings is 1. The van der Waals surface area contributed by atoms with Crippen LogP contribution in [-0.4, -0.2) is 51.4 Å². The number of non-ortho nitro benzene ring substituents is 1. The molecule has 0 spiro atoms. The van der Waals surface area contributed by atoms with E-state index in [0.29, 0.717) is 0 Å². The summed E-state index contributed by atoms with van der Waals surface area (Å²) >= 11 is 0. The summed E-state index contributed by atoms with van der Waals surface area (Å²) < 4.78 is 16.4. The lowest BCUT2D eigenvalue weighted by atomic mass is 10.2. The van der Waals surface area contributed by atoms with Gasteiger partial charge in [-0.15, -0.1) is 0 Å². The van der Waals surface area contributed by atoms with Gasteiger partial charge in [-0.2, -0.15) is 0 Å². The number of nitrogens with zero attached hydrogens (tertiary/aromatic N) is 2. The molecular weight excluding hydrogens is 452 g/mol. The standard InChI is InChI=1S/C21H30N4O9/c1-20(2,3)33-18(26)22-12-9-14(23-19(27)34-21(4,5)6)17(10-12)32-16-8-7-13(24(28)29)11-15(16)25(30)31/h7-8,11-12,14,17H,9-10H2,1-6H3,(H,22,26)(H,23,27). The molecule has 0 aromatic heterocycles. The highest BCUT2D eigenvalue weighted by Gasteiger charge is 2.40. The fourth-order valence-corrected chi connectivity index (χ4v) is 3.36. The zero-order valence-electron chi connectivity index (χ0n) is 19.9. The van der Waals surface area contributed by atoms with Gasteiger partial charge in [-0.1, -0.05) is 0 Å². The average molecular weight is 482 g/mol. The molecule has 13 nitrogen and oxygen atoms in total. The van der Waals surface area contributed by atoms with Gasteiger partial charge in [0.2, 0.25) is 0 Å². The first-order valence-corrected chi connectivity index (χ1v) is 10.6. The molecule has 1 fully saturated rings. The first-order valence-electron chi connectivity index (χ1n) is 10.6. The van der Waals surface area contributed by atoms with Crippen LogP contribution < -0.4 is 15.4 Å². The van der Waals surface area contributed by atoms with Crippen LogP contribution in [0, 0.1) is 20.2 Å². The van der Waals surface area contributed by atoms with Gasteiger partial charge in [0.15, 0.2) is 5.75 Å². The first-order chi connectivity index (χ1) is 15.5. The SMILES string of the molecule is CC(C)(C)OC(=O)NC1CC(NC(=O)OC(C)(C)C)C(Oc2ccc([N+](=O)[O-])cc2[N+](=O)[O-])C1. The highest BCUT2D eigenvalue weighted by atomic mass is 16.6. The Morgan fingerprint density at radius 1 is 0.912 bits per heavy atom. The Labute approximate surface area is 196 Å². The van der Waals surface area contributed by atoms with Crippen molar-refractivity contribution in [2.75, 3.05) is 0 Å². The third-order valence-electron chi connectivity index (χ3n) is 4.56. The molecule has 34 heavy (non-hydrogen) atoms. The Morgan fingerprint density at radius 3 is 1.97 bits per heavy atom. The van der Waals surface area contributed by atoms with Crippen LogP contribution in [0.5, 0.6) is 5.75 Å². The van der Waals surface area contributed by atoms with Crippen molar-refractivity contribution in [3.05, 3.63) is 38.4 Å². The molecule has 1 saturated carbocycles. The number of nitrogens with one attached hydrogen (secondary N) is 2. The van der Waals surface area contributed by atoms with Crippen LogP contribution in [0.4, 0.5) is 21.0 Å². The lowest BCUT2D eigenvalue weighted by Crippen LogP contribution is -2.45. The molecule has 1 aromatic carbocycles. The van der Waals surface area contributed by atoms with Crippen molar-refractivity contribution in [1.82, 2.24) is 10.6 Å². The summed E-state index contributed by atoms with van der Waals surface area (Å²) in [6.45, 7) is 10.2. The summed E-state index contributed by atoms with van der Waals surface area (Å²) in [7, 11) is 0. The molecule has 188 valence electrons. The van der Waals surface area contributed by atoms with Gasteiger partial charge in [-0.3, -0.25) is 20.2 Å². The van der Waals surface area contributed by atoms with Gasteiger partial charge in [0.05, 0.1) is 22.0 Å². The highest BCUT2D eigenvalue weighted by Crippen LogP contribution is 2.34. The molecule has 2 amide bonds. The molecule has 0 saturated heterocycles. The third kappa shape index (κ3) is 8.05. The van der Waals surface area contributed by atoms with Gasteiger partial charge in [0, 0.05) is 18.5 Å². The third-order valence-corrected chi connectivity index (χ3v) is 4.56. The van der Waals surface area contributed by atoms with Crippen molar-refractivity contribution in [2.24, 2.45) is 0 Å². The van der Waals surface area contributed by atoms with Crippen LogP contribution in [0.1, 0.15) is 54.4 Å². The molecular formula is C21H30N4O9. The number of ether oxygens (including phenoxy) is 3. The number of rotatable bonds is 6. The van der Waals surface area contributed by atoms with E-state index < -0.39 is 62.8 Å². The number of hydrogen-bond acceptors (Lipinski definition) is 9. The molecule has 2 N–H and O–H groups in total. The maximum absolute atomic E-state index is 12.3. The van der Waals surface area contributed by atoms with Gasteiger partial charge in [-0.25, -0.2) is 9.59 Å². The second kappa shape index (κ2) is 10.1. The van der Waals surface area contributed by atoms with E-state index in [1.807, 2.05) is 0 Å². The van der Waals surface area contributed by atoms with Crippen LogP contribution >= 0.6 is 0 Å². The van der Waals surface area contributed by atoms with E-state index in [2.05, 4.69) is 10.6 Å². The molecule has 13 heteroatoms. The first kappa shape index (κ1) is 26.6. The quantitative estimate of drug-likeness (QED) is 0.451. The predicted molar refractivity (Wildman–Crippen MR) is 120 cm³/mol. The van der Waals surface area contributed by atoms with Crippen LogP contribution in [0.3, 0.4) is 0 Å². The van der Waals surface area contributed by atoms with E-state index in [1.165, 1.54) is 0 Å². The van der Waals surface area contributed by atoms with E-state index in [9.17, 15) is 29.8 Å². The minimum absolute atomic E-state index is 0.188. The summed E-state index contributed by atoms with van der Waals surface area (Å²) in [6.07, 6.45) is -1.75. The van der Waals surface area contributed by atoms with Crippen LogP contribution in [0.25, 0.3) is 0 Å². The molecule has 0 heterocycles. The van der Waals surface area contributed by atoms with E-state index in [1.54, 1.807) is 41.5 Å². The lowest BCUT2D eigenvalue weighted by Gasteiger charge is -2.25. The van der Waals surface area contributed by atoms with Crippen molar-refractivity contribution in [1.29, 1.82) is 0 Å². The maximum Gasteiger partial charge on any atom is 0.408 e. The zero-order valence-corrected chi connectivity index (χ0v) is 19.9. The molecule has 1 aliphatic carbocycles. The molecule has 0 aliphatic heterocycles. The van der Waals surface area contributed by atoms with Crippen molar-refractivity contribution < 1.29 is 33.6 Å². The van der Waals surface area contributed by atoms with Gasteiger partial charge >= 0.3 is 17.9 Å². The van der Waals surface area contributed by atoms with Gasteiger partial charge in [0.1, 0.15) is 17.3 Å². The smallest absolute Gasteiger partial charge is 0.408 e. The summed E-state index contributed by atoms with van der Waals surface area (Å²) in [5, 5.41) is 27.8. The van der Waals surface area contributed by atoms with Crippen LogP contribution in [0.15, 0.2) is 18.2 Å². The van der Waals surface area contributed by atoms with E-state index in [0.717, 1.165) is 18.2 Å². The molecule has 1 aliphatic rings. The number of nitro groups is 2. The Hall–Kier alpha value is -3.64. The van der Waals surface area contributed by atoms with Crippen molar-refractivity contribution in [2.45, 2.75) is 83.8 Å². The van der Waals surface area contributed by atoms with E-state index in [-0.39, 0.29) is 18.6 Å². The number of alkyl carbamates (subject to hydrolysis) is 2. The molecule has 2 rings (SSSR count). The summed E-state index contributed by atoms with van der Waals surface area (Å²) in [5.41, 5.74) is -2.52. The van der Waals surface area contributed by atoms with E-state index in [4.69, 9.17) is 14.2 Å². The lowest BCUT2D eigenvalue weighted by molar-refractivity contribution is -0.394. The minimum Gasteiger partial charge on any atom is -0.481 e. The number of amides is 2. The summed E-state index contributed by atoms with van der Waals surface area (Å²) in [5.74, 6) is -0.200. The minimum atomic E-state index is -0.799. The fourth-order valence-electron chi connectivity index (χ4n) is 3.36. The Kier molecular flexibility index (Phi) is 7.90. The molecule has 3 unspecified atom stereocenters. The normalized spacial score (nSPS) is 20.2. The monoisotopic (exact) mass is 482 g/mol. The van der Waals surface area contributed by atoms with Gasteiger partial charge in [0.25, 0.3) is 5.69 Å². The Balaban J connectivity index is 2.24. The van der Waals surface area contributed by atoms with Crippen LogP contribution in [0.2, 0.25) is 0 Å². The number of carbonyl (C=O) groups excluding carboxylic acids is 2. The molecule has 1 aromatic rings. The molecule has 0 bridgehead atoms. The summed E-state index contributed by atoms with van der Waals surface area (Å²) in [6, 6.07) is 1.87. The van der Waals surface area contributed by atoms with Crippen molar-refractivity contribution >= 4 is 23.6 Å². The Bertz CT molecular complexity index is 953. The second-order valence-corrected chi connectivity index (χ2v) is 9.89. The maximum atomic E-state index is 12.3. The van der Waals surface area contributed by atoms with Crippen molar-refractivity contribution in [3.63, 3.8) is 0 Å². The predicted octanol–water partition coefficient (Wildman–Crippen LogP) is 3.83. The highest BCUT2D eigenvalue weighted by molar-refractivity contribution is 5.69. The van der Waals surface area contributed by atoms with Gasteiger partial charge < -0.3 is 24.8 Å². The van der Waals surface area contributed by atoms with Crippen molar-refractivity contribution in [3.8, 4) is 5.75 Å². The van der Waals surface area contributed by atoms with Crippen LogP contribution in [-0.2, 0) is 9.47 Å². The molecule has 0 radical (unpaired) electrons. The fraction of sp³-hybridized carbons (Fsp3) is 0.619. The number of nitro benzene ring substituents is 2. The zero-order chi connectivity index (χ0) is 25.8. The molecule has 3 atom stereocenters. The topological polar surface area (TPSA) is 172 Å². The summed E-state index contributed by atoms with van der Waals surface area (Å²) in [4.78, 5) is 45.5. The Morgan fingerprint density at radius 2 is 1.47 bits per heavy atom. The van der Waals surface area contributed by atoms with E-state index >= 15 is 0 Å². The van der Waals surface area contributed by atoms with Gasteiger partial charge in [-0.05, 0) is 54.0 Å². The largest absolute Gasteiger partial charge is 0.481 e.